The average Bonchev–Trinajstić information content (AvgIpc) is 2.36. The summed E-state index contributed by atoms with van der Waals surface area (Å²) in [4.78, 5) is 18.9. The first-order valence-electron chi connectivity index (χ1n) is 6.07. The lowest BCUT2D eigenvalue weighted by molar-refractivity contribution is 0.626. The van der Waals surface area contributed by atoms with Crippen LogP contribution in [0.15, 0.2) is 34.2 Å². The molecule has 0 aliphatic carbocycles. The van der Waals surface area contributed by atoms with Crippen molar-refractivity contribution >= 4 is 11.8 Å². The van der Waals surface area contributed by atoms with Gasteiger partial charge in [-0.05, 0) is 31.0 Å². The molecule has 0 spiro atoms. The van der Waals surface area contributed by atoms with E-state index in [2.05, 4.69) is 9.97 Å². The van der Waals surface area contributed by atoms with E-state index in [1.165, 1.54) is 23.9 Å². The Hall–Kier alpha value is -1.62. The van der Waals surface area contributed by atoms with Gasteiger partial charge < -0.3 is 4.98 Å². The lowest BCUT2D eigenvalue weighted by Crippen LogP contribution is -2.16. The van der Waals surface area contributed by atoms with Gasteiger partial charge in [0.1, 0.15) is 5.82 Å². The molecule has 0 amide bonds. The number of thioether (sulfide) groups is 1. The Morgan fingerprint density at radius 2 is 2.21 bits per heavy atom. The number of benzene rings is 1. The van der Waals surface area contributed by atoms with Crippen LogP contribution in [0.4, 0.5) is 4.39 Å². The maximum atomic E-state index is 13.0. The van der Waals surface area contributed by atoms with Crippen LogP contribution in [0, 0.1) is 12.7 Å². The van der Waals surface area contributed by atoms with E-state index < -0.39 is 0 Å². The van der Waals surface area contributed by atoms with Gasteiger partial charge in [-0.15, -0.1) is 0 Å². The number of aromatic nitrogens is 2. The molecular weight excluding hydrogens is 263 g/mol. The van der Waals surface area contributed by atoms with Gasteiger partial charge >= 0.3 is 0 Å². The van der Waals surface area contributed by atoms with Gasteiger partial charge in [0.2, 0.25) is 0 Å². The van der Waals surface area contributed by atoms with E-state index in [0.29, 0.717) is 17.3 Å². The van der Waals surface area contributed by atoms with Crippen LogP contribution in [0.2, 0.25) is 0 Å². The van der Waals surface area contributed by atoms with Crippen LogP contribution < -0.4 is 5.56 Å². The molecule has 19 heavy (non-hydrogen) atoms. The Labute approximate surface area is 115 Å². The van der Waals surface area contributed by atoms with Crippen molar-refractivity contribution in [3.05, 3.63) is 57.3 Å². The van der Waals surface area contributed by atoms with Crippen LogP contribution in [0.5, 0.6) is 0 Å². The summed E-state index contributed by atoms with van der Waals surface area (Å²) in [6.07, 6.45) is 0.670. The Kier molecular flexibility index (Phi) is 4.37. The minimum Gasteiger partial charge on any atom is -0.301 e. The smallest absolute Gasteiger partial charge is 0.254 e. The lowest BCUT2D eigenvalue weighted by Gasteiger charge is -2.05. The van der Waals surface area contributed by atoms with Gasteiger partial charge in [-0.1, -0.05) is 30.8 Å². The van der Waals surface area contributed by atoms with Crippen LogP contribution >= 0.6 is 11.8 Å². The van der Waals surface area contributed by atoms with Crippen LogP contribution in [0.25, 0.3) is 0 Å². The van der Waals surface area contributed by atoms with Crippen LogP contribution in [0.1, 0.15) is 23.7 Å². The molecule has 0 atom stereocenters. The maximum absolute atomic E-state index is 13.0. The molecule has 2 rings (SSSR count). The zero-order valence-corrected chi connectivity index (χ0v) is 11.7. The van der Waals surface area contributed by atoms with Crippen molar-refractivity contribution in [2.75, 3.05) is 0 Å². The summed E-state index contributed by atoms with van der Waals surface area (Å²) in [7, 11) is 0. The molecule has 1 heterocycles. The third-order valence-corrected chi connectivity index (χ3v) is 3.76. The highest BCUT2D eigenvalue weighted by atomic mass is 32.2. The van der Waals surface area contributed by atoms with Gasteiger partial charge in [-0.3, -0.25) is 4.79 Å². The molecule has 3 nitrogen and oxygen atoms in total. The van der Waals surface area contributed by atoms with Crippen molar-refractivity contribution in [1.82, 2.24) is 9.97 Å². The number of halogens is 1. The van der Waals surface area contributed by atoms with Crippen molar-refractivity contribution in [2.45, 2.75) is 31.2 Å². The highest BCUT2D eigenvalue weighted by Crippen LogP contribution is 2.19. The minimum absolute atomic E-state index is 0.0863. The summed E-state index contributed by atoms with van der Waals surface area (Å²) >= 11 is 1.40. The number of rotatable bonds is 4. The number of nitrogens with one attached hydrogen (secondary N) is 1. The fourth-order valence-corrected chi connectivity index (χ4v) is 2.70. The molecule has 1 N–H and O–H groups in total. The zero-order chi connectivity index (χ0) is 13.8. The quantitative estimate of drug-likeness (QED) is 0.690. The Balaban J connectivity index is 2.14. The molecule has 0 radical (unpaired) electrons. The van der Waals surface area contributed by atoms with Crippen LogP contribution in [-0.4, -0.2) is 9.97 Å². The van der Waals surface area contributed by atoms with E-state index in [1.54, 1.807) is 6.07 Å². The van der Waals surface area contributed by atoms with E-state index in [4.69, 9.17) is 0 Å². The van der Waals surface area contributed by atoms with E-state index in [1.807, 2.05) is 19.9 Å². The first-order valence-corrected chi connectivity index (χ1v) is 7.05. The summed E-state index contributed by atoms with van der Waals surface area (Å²) in [6, 6.07) is 6.42. The van der Waals surface area contributed by atoms with Crippen molar-refractivity contribution < 1.29 is 4.39 Å². The van der Waals surface area contributed by atoms with Crippen molar-refractivity contribution in [3.8, 4) is 0 Å². The molecular formula is C14H15FN2OS. The number of hydrogen-bond donors (Lipinski definition) is 1. The number of nitrogens with zero attached hydrogens (tertiary/aromatic N) is 1. The number of aryl methyl sites for hydroxylation is 1. The fraction of sp³-hybridized carbons (Fsp3) is 0.286. The normalized spacial score (nSPS) is 10.7. The van der Waals surface area contributed by atoms with Gasteiger partial charge in [0.25, 0.3) is 5.56 Å². The van der Waals surface area contributed by atoms with Crippen molar-refractivity contribution in [1.29, 1.82) is 0 Å². The van der Waals surface area contributed by atoms with Crippen molar-refractivity contribution in [2.24, 2.45) is 0 Å². The van der Waals surface area contributed by atoms with Gasteiger partial charge in [0.05, 0.1) is 0 Å². The van der Waals surface area contributed by atoms with E-state index in [-0.39, 0.29) is 11.4 Å². The van der Waals surface area contributed by atoms with Gasteiger partial charge in [-0.2, -0.15) is 0 Å². The summed E-state index contributed by atoms with van der Waals surface area (Å²) in [5.74, 6) is 0.322. The van der Waals surface area contributed by atoms with Gasteiger partial charge in [-0.25, -0.2) is 9.37 Å². The zero-order valence-electron chi connectivity index (χ0n) is 10.9. The lowest BCUT2D eigenvalue weighted by atomic mass is 10.2. The third-order valence-electron chi connectivity index (χ3n) is 2.82. The summed E-state index contributed by atoms with van der Waals surface area (Å²) in [5.41, 5.74) is 2.25. The van der Waals surface area contributed by atoms with E-state index in [9.17, 15) is 9.18 Å². The molecule has 5 heteroatoms. The molecule has 0 aliphatic heterocycles. The second kappa shape index (κ2) is 6.02. The first-order chi connectivity index (χ1) is 9.10. The largest absolute Gasteiger partial charge is 0.301 e. The predicted molar refractivity (Wildman–Crippen MR) is 74.9 cm³/mol. The summed E-state index contributed by atoms with van der Waals surface area (Å²) in [6.45, 7) is 3.76. The maximum Gasteiger partial charge on any atom is 0.254 e. The Bertz CT molecular complexity index is 640. The van der Waals surface area contributed by atoms with Crippen molar-refractivity contribution in [3.63, 3.8) is 0 Å². The SMILES string of the molecule is CCc1c(C)nc(SCc2cccc(F)c2)[nH]c1=O. The summed E-state index contributed by atoms with van der Waals surface area (Å²) in [5, 5.41) is 0.573. The topological polar surface area (TPSA) is 45.8 Å². The van der Waals surface area contributed by atoms with Crippen LogP contribution in [0.3, 0.4) is 0 Å². The predicted octanol–water partition coefficient (Wildman–Crippen LogP) is 3.07. The Morgan fingerprint density at radius 1 is 1.42 bits per heavy atom. The minimum atomic E-state index is -0.253. The standard InChI is InChI=1S/C14H15FN2OS/c1-3-12-9(2)16-14(17-13(12)18)19-8-10-5-4-6-11(15)7-10/h4-7H,3,8H2,1-2H3,(H,16,17,18). The molecule has 0 fully saturated rings. The third kappa shape index (κ3) is 3.44. The molecule has 0 unspecified atom stereocenters. The number of hydrogen-bond acceptors (Lipinski definition) is 3. The molecule has 1 aromatic heterocycles. The van der Waals surface area contributed by atoms with Gasteiger partial charge in [0, 0.05) is 17.0 Å². The van der Waals surface area contributed by atoms with E-state index in [0.717, 1.165) is 16.8 Å². The number of aromatic amines is 1. The monoisotopic (exact) mass is 278 g/mol. The first kappa shape index (κ1) is 13.8. The number of H-pyrrole nitrogens is 1. The fourth-order valence-electron chi connectivity index (χ4n) is 1.85. The summed E-state index contributed by atoms with van der Waals surface area (Å²) < 4.78 is 13.0. The average molecular weight is 278 g/mol. The van der Waals surface area contributed by atoms with Crippen LogP contribution in [-0.2, 0) is 12.2 Å². The second-order valence-electron chi connectivity index (χ2n) is 4.21. The van der Waals surface area contributed by atoms with E-state index >= 15 is 0 Å². The second-order valence-corrected chi connectivity index (χ2v) is 5.17. The molecule has 0 saturated heterocycles. The highest BCUT2D eigenvalue weighted by Gasteiger charge is 2.07. The van der Waals surface area contributed by atoms with Gasteiger partial charge in [0.15, 0.2) is 5.16 Å². The molecule has 100 valence electrons. The Morgan fingerprint density at radius 3 is 2.84 bits per heavy atom. The molecule has 0 saturated carbocycles. The molecule has 2 aromatic rings. The molecule has 1 aromatic carbocycles. The molecule has 0 bridgehead atoms. The molecule has 0 aliphatic rings. The highest BCUT2D eigenvalue weighted by molar-refractivity contribution is 7.98.